The molecule has 2 aliphatic rings. The number of aromatic amines is 1. The molecule has 3 aromatic carbocycles. The Balaban J connectivity index is 1.64. The summed E-state index contributed by atoms with van der Waals surface area (Å²) in [6.45, 7) is 0.418. The molecule has 1 amide bonds. The number of hydrogen-bond acceptors (Lipinski definition) is 3. The maximum Gasteiger partial charge on any atom is 0.258 e. The van der Waals surface area contributed by atoms with Gasteiger partial charge in [-0.15, -0.1) is 0 Å². The molecule has 0 saturated heterocycles. The SMILES string of the molecule is O=C1c2cc(F)ccc2N(c2cccc(F)c2)[C@H]2c3[nH]c4ccc(O)cc4c3CCN12. The van der Waals surface area contributed by atoms with Gasteiger partial charge < -0.3 is 19.9 Å². The predicted molar refractivity (Wildman–Crippen MR) is 112 cm³/mol. The van der Waals surface area contributed by atoms with Gasteiger partial charge >= 0.3 is 0 Å². The second-order valence-corrected chi connectivity index (χ2v) is 7.88. The van der Waals surface area contributed by atoms with Gasteiger partial charge in [0.25, 0.3) is 5.91 Å². The third kappa shape index (κ3) is 2.56. The van der Waals surface area contributed by atoms with Gasteiger partial charge in [-0.25, -0.2) is 8.78 Å². The van der Waals surface area contributed by atoms with Crippen LogP contribution in [0.4, 0.5) is 20.2 Å². The van der Waals surface area contributed by atoms with E-state index in [0.29, 0.717) is 24.3 Å². The van der Waals surface area contributed by atoms with E-state index < -0.39 is 17.8 Å². The molecule has 0 bridgehead atoms. The smallest absolute Gasteiger partial charge is 0.258 e. The summed E-state index contributed by atoms with van der Waals surface area (Å²) in [5.74, 6) is -0.996. The minimum atomic E-state index is -0.550. The number of nitrogens with one attached hydrogen (secondary N) is 1. The van der Waals surface area contributed by atoms with Crippen molar-refractivity contribution in [2.24, 2.45) is 0 Å². The number of anilines is 2. The van der Waals surface area contributed by atoms with Crippen molar-refractivity contribution < 1.29 is 18.7 Å². The first-order valence-corrected chi connectivity index (χ1v) is 10.00. The van der Waals surface area contributed by atoms with Gasteiger partial charge in [0.05, 0.1) is 16.9 Å². The molecule has 5 nitrogen and oxygen atoms in total. The molecule has 0 aliphatic carbocycles. The Bertz CT molecular complexity index is 1380. The van der Waals surface area contributed by atoms with E-state index in [1.807, 2.05) is 4.90 Å². The number of carbonyl (C=O) groups excluding carboxylic acids is 1. The Morgan fingerprint density at radius 2 is 1.84 bits per heavy atom. The van der Waals surface area contributed by atoms with Gasteiger partial charge in [-0.2, -0.15) is 0 Å². The minimum Gasteiger partial charge on any atom is -0.508 e. The Kier molecular flexibility index (Phi) is 3.65. The van der Waals surface area contributed by atoms with Crippen LogP contribution < -0.4 is 4.90 Å². The van der Waals surface area contributed by atoms with E-state index in [0.717, 1.165) is 22.2 Å². The Hall–Kier alpha value is -3.87. The van der Waals surface area contributed by atoms with Crippen molar-refractivity contribution in [3.63, 3.8) is 0 Å². The topological polar surface area (TPSA) is 59.6 Å². The number of phenolic OH excluding ortho intramolecular Hbond substituents is 1. The molecular formula is C24H17F2N3O2. The average Bonchev–Trinajstić information content (AvgIpc) is 3.12. The van der Waals surface area contributed by atoms with Crippen LogP contribution in [0.3, 0.4) is 0 Å². The van der Waals surface area contributed by atoms with Crippen LogP contribution in [-0.2, 0) is 6.42 Å². The van der Waals surface area contributed by atoms with Crippen LogP contribution in [0, 0.1) is 11.6 Å². The first-order chi connectivity index (χ1) is 15.0. The Morgan fingerprint density at radius 3 is 2.68 bits per heavy atom. The summed E-state index contributed by atoms with van der Waals surface area (Å²) in [4.78, 5) is 20.3. The predicted octanol–water partition coefficient (Wildman–Crippen LogP) is 5.00. The van der Waals surface area contributed by atoms with Crippen LogP contribution in [0.15, 0.2) is 60.7 Å². The lowest BCUT2D eigenvalue weighted by molar-refractivity contribution is 0.0641. The summed E-state index contributed by atoms with van der Waals surface area (Å²) in [7, 11) is 0. The maximum atomic E-state index is 14.2. The van der Waals surface area contributed by atoms with Crippen LogP contribution in [0.1, 0.15) is 27.8 Å². The molecule has 7 heteroatoms. The van der Waals surface area contributed by atoms with Gasteiger partial charge in [0.15, 0.2) is 6.17 Å². The van der Waals surface area contributed by atoms with Crippen molar-refractivity contribution in [3.05, 3.63) is 89.1 Å². The Morgan fingerprint density at radius 1 is 1.00 bits per heavy atom. The number of aromatic nitrogens is 1. The molecule has 0 saturated carbocycles. The van der Waals surface area contributed by atoms with Gasteiger partial charge in [-0.3, -0.25) is 4.79 Å². The van der Waals surface area contributed by atoms with Crippen molar-refractivity contribution in [2.75, 3.05) is 11.4 Å². The fourth-order valence-corrected chi connectivity index (χ4v) is 4.82. The largest absolute Gasteiger partial charge is 0.508 e. The fourth-order valence-electron chi connectivity index (χ4n) is 4.82. The highest BCUT2D eigenvalue weighted by molar-refractivity contribution is 6.04. The number of fused-ring (bicyclic) bond motifs is 6. The third-order valence-electron chi connectivity index (χ3n) is 6.12. The zero-order valence-corrected chi connectivity index (χ0v) is 16.3. The van der Waals surface area contributed by atoms with Crippen molar-refractivity contribution in [1.82, 2.24) is 9.88 Å². The second-order valence-electron chi connectivity index (χ2n) is 7.88. The lowest BCUT2D eigenvalue weighted by Crippen LogP contribution is -2.50. The fraction of sp³-hybridized carbons (Fsp3) is 0.125. The number of phenols is 1. The van der Waals surface area contributed by atoms with E-state index in [1.54, 1.807) is 41.3 Å². The highest BCUT2D eigenvalue weighted by Crippen LogP contribution is 2.47. The number of aromatic hydroxyl groups is 1. The molecule has 4 aromatic rings. The number of amides is 1. The van der Waals surface area contributed by atoms with Crippen LogP contribution in [0.5, 0.6) is 5.75 Å². The third-order valence-corrected chi connectivity index (χ3v) is 6.12. The molecule has 0 spiro atoms. The van der Waals surface area contributed by atoms with E-state index in [4.69, 9.17) is 0 Å². The molecule has 0 unspecified atom stereocenters. The van der Waals surface area contributed by atoms with Gasteiger partial charge in [0.2, 0.25) is 0 Å². The van der Waals surface area contributed by atoms with Crippen LogP contribution in [-0.4, -0.2) is 27.4 Å². The molecular weight excluding hydrogens is 400 g/mol. The van der Waals surface area contributed by atoms with Crippen molar-refractivity contribution in [2.45, 2.75) is 12.6 Å². The number of rotatable bonds is 1. The standard InChI is InChI=1S/C24H17F2N3O2/c25-13-2-1-3-15(10-13)29-21-7-4-14(26)11-19(21)24(31)28-9-8-17-18-12-16(30)5-6-20(18)27-22(17)23(28)29/h1-7,10-12,23,27,30H,8-9H2/t23-/m0/s1. The van der Waals surface area contributed by atoms with Gasteiger partial charge in [-0.1, -0.05) is 6.07 Å². The number of benzene rings is 3. The van der Waals surface area contributed by atoms with E-state index in [1.165, 1.54) is 24.3 Å². The lowest BCUT2D eigenvalue weighted by Gasteiger charge is -2.47. The zero-order valence-electron chi connectivity index (χ0n) is 16.3. The summed E-state index contributed by atoms with van der Waals surface area (Å²) >= 11 is 0. The first kappa shape index (κ1) is 17.9. The summed E-state index contributed by atoms with van der Waals surface area (Å²) in [5.41, 5.74) is 3.99. The second kappa shape index (κ2) is 6.31. The molecule has 0 radical (unpaired) electrons. The summed E-state index contributed by atoms with van der Waals surface area (Å²) in [5, 5.41) is 10.9. The number of nitrogens with zero attached hydrogens (tertiary/aromatic N) is 2. The molecule has 0 fully saturated rings. The van der Waals surface area contributed by atoms with E-state index in [9.17, 15) is 18.7 Å². The molecule has 6 rings (SSSR count). The van der Waals surface area contributed by atoms with Crippen LogP contribution in [0.25, 0.3) is 10.9 Å². The summed E-state index contributed by atoms with van der Waals surface area (Å²) in [6.07, 6.45) is 0.0356. The molecule has 2 aliphatic heterocycles. The molecule has 1 aromatic heterocycles. The number of H-pyrrole nitrogens is 1. The maximum absolute atomic E-state index is 14.2. The van der Waals surface area contributed by atoms with E-state index >= 15 is 0 Å². The van der Waals surface area contributed by atoms with Gasteiger partial charge in [0.1, 0.15) is 17.4 Å². The average molecular weight is 417 g/mol. The monoisotopic (exact) mass is 417 g/mol. The van der Waals surface area contributed by atoms with Crippen molar-refractivity contribution >= 4 is 28.2 Å². The number of carbonyl (C=O) groups is 1. The molecule has 154 valence electrons. The number of hydrogen-bond donors (Lipinski definition) is 2. The first-order valence-electron chi connectivity index (χ1n) is 10.00. The normalized spacial score (nSPS) is 17.5. The molecule has 31 heavy (non-hydrogen) atoms. The molecule has 2 N–H and O–H groups in total. The van der Waals surface area contributed by atoms with Crippen molar-refractivity contribution in [3.8, 4) is 5.75 Å². The van der Waals surface area contributed by atoms with Crippen molar-refractivity contribution in [1.29, 1.82) is 0 Å². The van der Waals surface area contributed by atoms with Gasteiger partial charge in [0, 0.05) is 23.1 Å². The van der Waals surface area contributed by atoms with Crippen LogP contribution in [0.2, 0.25) is 0 Å². The van der Waals surface area contributed by atoms with Gasteiger partial charge in [-0.05, 0) is 66.6 Å². The Labute approximate surface area is 176 Å². The van der Waals surface area contributed by atoms with E-state index in [-0.39, 0.29) is 17.2 Å². The highest BCUT2D eigenvalue weighted by atomic mass is 19.1. The van der Waals surface area contributed by atoms with E-state index in [2.05, 4.69) is 4.98 Å². The summed E-state index contributed by atoms with van der Waals surface area (Å²) in [6, 6.07) is 15.4. The lowest BCUT2D eigenvalue weighted by atomic mass is 9.95. The highest BCUT2D eigenvalue weighted by Gasteiger charge is 2.43. The zero-order chi connectivity index (χ0) is 21.3. The quantitative estimate of drug-likeness (QED) is 0.458. The van der Waals surface area contributed by atoms with Crippen LogP contribution >= 0.6 is 0 Å². The molecule has 3 heterocycles. The summed E-state index contributed by atoms with van der Waals surface area (Å²) < 4.78 is 28.2. The minimum absolute atomic E-state index is 0.166. The molecule has 1 atom stereocenters. The number of halogens is 2.